The Labute approximate surface area is 146 Å². The first kappa shape index (κ1) is 17.3. The number of hydrogen-bond donors (Lipinski definition) is 0. The van der Waals surface area contributed by atoms with Gasteiger partial charge in [-0.25, -0.2) is 4.98 Å². The third-order valence-corrected chi connectivity index (χ3v) is 6.64. The molecular formula is C18H20NO3PS. The molecule has 0 atom stereocenters. The Morgan fingerprint density at radius 1 is 1.04 bits per heavy atom. The highest BCUT2D eigenvalue weighted by atomic mass is 32.1. The van der Waals surface area contributed by atoms with Crippen molar-refractivity contribution in [3.05, 3.63) is 54.1 Å². The van der Waals surface area contributed by atoms with E-state index in [1.807, 2.05) is 56.3 Å². The lowest BCUT2D eigenvalue weighted by molar-refractivity contribution is 0.219. The van der Waals surface area contributed by atoms with Crippen molar-refractivity contribution in [3.8, 4) is 10.6 Å². The molecule has 0 aliphatic heterocycles. The van der Waals surface area contributed by atoms with Gasteiger partial charge in [0.25, 0.3) is 0 Å². The molecule has 6 heteroatoms. The van der Waals surface area contributed by atoms with Gasteiger partial charge in [-0.2, -0.15) is 0 Å². The normalized spacial score (nSPS) is 11.9. The van der Waals surface area contributed by atoms with Gasteiger partial charge in [0, 0.05) is 5.56 Å². The third kappa shape index (κ3) is 3.93. The predicted octanol–water partition coefficient (Wildman–Crippen LogP) is 5.73. The van der Waals surface area contributed by atoms with E-state index in [4.69, 9.17) is 9.05 Å². The van der Waals surface area contributed by atoms with E-state index >= 15 is 0 Å². The Morgan fingerprint density at radius 3 is 2.50 bits per heavy atom. The highest BCUT2D eigenvalue weighted by Gasteiger charge is 2.24. The number of fused-ring (bicyclic) bond motifs is 1. The number of rotatable bonds is 7. The van der Waals surface area contributed by atoms with Gasteiger partial charge in [0.05, 0.1) is 29.6 Å². The van der Waals surface area contributed by atoms with Gasteiger partial charge in [0.2, 0.25) is 0 Å². The minimum Gasteiger partial charge on any atom is -0.309 e. The van der Waals surface area contributed by atoms with Gasteiger partial charge in [-0.05, 0) is 37.6 Å². The summed E-state index contributed by atoms with van der Waals surface area (Å²) in [6.45, 7) is 4.39. The van der Waals surface area contributed by atoms with Gasteiger partial charge in [-0.1, -0.05) is 30.3 Å². The maximum absolute atomic E-state index is 12.7. The second-order valence-electron chi connectivity index (χ2n) is 5.29. The van der Waals surface area contributed by atoms with Crippen molar-refractivity contribution in [2.45, 2.75) is 20.0 Å². The van der Waals surface area contributed by atoms with Crippen LogP contribution in [-0.2, 0) is 19.8 Å². The van der Waals surface area contributed by atoms with E-state index in [1.165, 1.54) is 0 Å². The van der Waals surface area contributed by atoms with Crippen LogP contribution in [0.25, 0.3) is 20.8 Å². The van der Waals surface area contributed by atoms with Crippen LogP contribution < -0.4 is 0 Å². The first-order valence-corrected chi connectivity index (χ1v) is 10.5. The lowest BCUT2D eigenvalue weighted by Crippen LogP contribution is -1.99. The molecule has 0 amide bonds. The van der Waals surface area contributed by atoms with Gasteiger partial charge >= 0.3 is 7.60 Å². The number of nitrogens with zero attached hydrogens (tertiary/aromatic N) is 1. The molecule has 3 aromatic rings. The minimum absolute atomic E-state index is 0.271. The van der Waals surface area contributed by atoms with Crippen LogP contribution >= 0.6 is 18.9 Å². The molecule has 0 aliphatic rings. The van der Waals surface area contributed by atoms with Crippen LogP contribution in [0.4, 0.5) is 0 Å². The maximum atomic E-state index is 12.7. The zero-order chi connectivity index (χ0) is 17.0. The molecular weight excluding hydrogens is 341 g/mol. The molecule has 2 aromatic carbocycles. The Morgan fingerprint density at radius 2 is 1.79 bits per heavy atom. The van der Waals surface area contributed by atoms with E-state index in [0.717, 1.165) is 26.4 Å². The lowest BCUT2D eigenvalue weighted by atomic mass is 10.1. The highest BCUT2D eigenvalue weighted by molar-refractivity contribution is 7.53. The fourth-order valence-corrected chi connectivity index (χ4v) is 5.19. The zero-order valence-electron chi connectivity index (χ0n) is 13.8. The summed E-state index contributed by atoms with van der Waals surface area (Å²) in [5, 5.41) is 0.959. The highest BCUT2D eigenvalue weighted by Crippen LogP contribution is 2.51. The predicted molar refractivity (Wildman–Crippen MR) is 99.6 cm³/mol. The maximum Gasteiger partial charge on any atom is 0.335 e. The first-order chi connectivity index (χ1) is 11.6. The molecule has 4 nitrogen and oxygen atoms in total. The second kappa shape index (κ2) is 7.58. The topological polar surface area (TPSA) is 48.4 Å². The van der Waals surface area contributed by atoms with Gasteiger partial charge in [0.1, 0.15) is 5.01 Å². The lowest BCUT2D eigenvalue weighted by Gasteiger charge is -2.17. The summed E-state index contributed by atoms with van der Waals surface area (Å²) in [7, 11) is -3.10. The summed E-state index contributed by atoms with van der Waals surface area (Å²) in [5.74, 6) is 0. The summed E-state index contributed by atoms with van der Waals surface area (Å²) in [6.07, 6.45) is 0.271. The molecule has 126 valence electrons. The molecule has 24 heavy (non-hydrogen) atoms. The van der Waals surface area contributed by atoms with Gasteiger partial charge in [-0.15, -0.1) is 11.3 Å². The van der Waals surface area contributed by atoms with Crippen LogP contribution in [0.2, 0.25) is 0 Å². The molecule has 0 saturated carbocycles. The standard InChI is InChI=1S/C18H20NO3PS/c1-3-21-23(20,22-4-2)13-14-8-7-9-15(12-14)18-19-16-10-5-6-11-17(16)24-18/h5-12H,3-4,13H2,1-2H3. The number of benzene rings is 2. The average molecular weight is 361 g/mol. The van der Waals surface area contributed by atoms with E-state index in [9.17, 15) is 4.57 Å². The smallest absolute Gasteiger partial charge is 0.309 e. The van der Waals surface area contributed by atoms with Crippen LogP contribution in [0, 0.1) is 0 Å². The molecule has 0 bridgehead atoms. The Hall–Kier alpha value is -1.52. The molecule has 0 N–H and O–H groups in total. The third-order valence-electron chi connectivity index (χ3n) is 3.50. The van der Waals surface area contributed by atoms with Gasteiger partial charge in [-0.3, -0.25) is 4.57 Å². The van der Waals surface area contributed by atoms with Crippen molar-refractivity contribution < 1.29 is 13.6 Å². The van der Waals surface area contributed by atoms with Crippen molar-refractivity contribution in [1.29, 1.82) is 0 Å². The van der Waals surface area contributed by atoms with E-state index in [-0.39, 0.29) is 6.16 Å². The van der Waals surface area contributed by atoms with Gasteiger partial charge < -0.3 is 9.05 Å². The van der Waals surface area contributed by atoms with Gasteiger partial charge in [0.15, 0.2) is 0 Å². The minimum atomic E-state index is -3.10. The first-order valence-electron chi connectivity index (χ1n) is 7.96. The van der Waals surface area contributed by atoms with Crippen LogP contribution in [-0.4, -0.2) is 18.2 Å². The summed E-state index contributed by atoms with van der Waals surface area (Å²) in [6, 6.07) is 16.0. The Balaban J connectivity index is 1.89. The molecule has 1 heterocycles. The largest absolute Gasteiger partial charge is 0.335 e. The molecule has 0 radical (unpaired) electrons. The SMILES string of the molecule is CCOP(=O)(Cc1cccc(-c2nc3ccccc3s2)c1)OCC. The van der Waals surface area contributed by atoms with Crippen LogP contribution in [0.3, 0.4) is 0 Å². The molecule has 1 aromatic heterocycles. The molecule has 0 spiro atoms. The zero-order valence-corrected chi connectivity index (χ0v) is 15.5. The fraction of sp³-hybridized carbons (Fsp3) is 0.278. The Kier molecular flexibility index (Phi) is 5.47. The summed E-state index contributed by atoms with van der Waals surface area (Å²) >= 11 is 1.65. The van der Waals surface area contributed by atoms with Crippen molar-refractivity contribution in [2.24, 2.45) is 0 Å². The molecule has 0 unspecified atom stereocenters. The summed E-state index contributed by atoms with van der Waals surface area (Å²) < 4.78 is 24.6. The average Bonchev–Trinajstić information content (AvgIpc) is 2.99. The molecule has 0 aliphatic carbocycles. The van der Waals surface area contributed by atoms with Crippen LogP contribution in [0.1, 0.15) is 19.4 Å². The van der Waals surface area contributed by atoms with E-state index in [2.05, 4.69) is 11.1 Å². The molecule has 0 saturated heterocycles. The molecule has 0 fully saturated rings. The summed E-state index contributed by atoms with van der Waals surface area (Å²) in [5.41, 5.74) is 2.95. The quantitative estimate of drug-likeness (QED) is 0.504. The number of hydrogen-bond acceptors (Lipinski definition) is 5. The van der Waals surface area contributed by atoms with Crippen molar-refractivity contribution >= 4 is 29.1 Å². The van der Waals surface area contributed by atoms with E-state index in [0.29, 0.717) is 13.2 Å². The summed E-state index contributed by atoms with van der Waals surface area (Å²) in [4.78, 5) is 4.68. The number of thiazole rings is 1. The van der Waals surface area contributed by atoms with E-state index < -0.39 is 7.60 Å². The number of para-hydroxylation sites is 1. The Bertz CT molecular complexity index is 834. The van der Waals surface area contributed by atoms with E-state index in [1.54, 1.807) is 11.3 Å². The fourth-order valence-electron chi connectivity index (χ4n) is 2.54. The van der Waals surface area contributed by atoms with Crippen LogP contribution in [0.15, 0.2) is 48.5 Å². The monoisotopic (exact) mass is 361 g/mol. The van der Waals surface area contributed by atoms with Crippen molar-refractivity contribution in [1.82, 2.24) is 4.98 Å². The van der Waals surface area contributed by atoms with Crippen molar-refractivity contribution in [3.63, 3.8) is 0 Å². The van der Waals surface area contributed by atoms with Crippen molar-refractivity contribution in [2.75, 3.05) is 13.2 Å². The second-order valence-corrected chi connectivity index (χ2v) is 8.38. The number of aromatic nitrogens is 1. The molecule has 3 rings (SSSR count). The van der Waals surface area contributed by atoms with Crippen LogP contribution in [0.5, 0.6) is 0 Å².